The molecule has 0 aliphatic heterocycles. The molecule has 0 aromatic carbocycles. The minimum absolute atomic E-state index is 0.00478. The molecule has 3 atom stereocenters. The molecule has 9 nitrogen and oxygen atoms in total. The lowest BCUT2D eigenvalue weighted by molar-refractivity contribution is -0.144. The highest BCUT2D eigenvalue weighted by atomic mass is 16.4. The van der Waals surface area contributed by atoms with Gasteiger partial charge in [0.25, 0.3) is 5.91 Å². The molecular weight excluding hydrogens is 268 g/mol. The molecule has 0 aliphatic rings. The Bertz CT molecular complexity index is 513. The van der Waals surface area contributed by atoms with Gasteiger partial charge in [-0.05, 0) is 6.92 Å². The molecule has 0 fully saturated rings. The predicted molar refractivity (Wildman–Crippen MR) is 65.7 cm³/mol. The zero-order valence-corrected chi connectivity index (χ0v) is 10.6. The molecule has 1 aromatic rings. The lowest BCUT2D eigenvalue weighted by Crippen LogP contribution is -2.50. The molecule has 1 amide bonds. The highest BCUT2D eigenvalue weighted by Gasteiger charge is 2.33. The number of nitrogens with one attached hydrogen (secondary N) is 2. The van der Waals surface area contributed by atoms with Crippen molar-refractivity contribution in [3.8, 4) is 0 Å². The van der Waals surface area contributed by atoms with Crippen molar-refractivity contribution < 1.29 is 24.3 Å². The molecule has 3 unspecified atom stereocenters. The summed E-state index contributed by atoms with van der Waals surface area (Å²) < 4.78 is 0. The van der Waals surface area contributed by atoms with Crippen molar-refractivity contribution in [2.24, 2.45) is 11.7 Å². The van der Waals surface area contributed by atoms with Gasteiger partial charge < -0.3 is 25.9 Å². The number of amides is 1. The van der Waals surface area contributed by atoms with Crippen molar-refractivity contribution in [1.29, 1.82) is 0 Å². The number of carboxylic acid groups (broad SMARTS) is 1. The number of aromatic amines is 1. The number of hydrogen-bond donors (Lipinski definition) is 4. The van der Waals surface area contributed by atoms with Crippen LogP contribution in [-0.2, 0) is 14.4 Å². The number of imidazole rings is 1. The van der Waals surface area contributed by atoms with E-state index in [0.717, 1.165) is 0 Å². The summed E-state index contributed by atoms with van der Waals surface area (Å²) in [5.41, 5.74) is 5.25. The van der Waals surface area contributed by atoms with Gasteiger partial charge in [0.15, 0.2) is 11.6 Å². The third-order valence-corrected chi connectivity index (χ3v) is 2.63. The third kappa shape index (κ3) is 3.48. The number of nitrogens with zero attached hydrogens (tertiary/aromatic N) is 1. The van der Waals surface area contributed by atoms with E-state index in [1.165, 1.54) is 19.3 Å². The number of carbonyl (C=O) groups is 4. The second-order valence-corrected chi connectivity index (χ2v) is 4.06. The first-order valence-corrected chi connectivity index (χ1v) is 5.66. The molecule has 0 aliphatic carbocycles. The van der Waals surface area contributed by atoms with Crippen LogP contribution in [0.25, 0.3) is 0 Å². The first-order valence-electron chi connectivity index (χ1n) is 5.66. The quantitative estimate of drug-likeness (QED) is 0.344. The molecule has 0 spiro atoms. The van der Waals surface area contributed by atoms with Gasteiger partial charge in [0.05, 0.1) is 6.04 Å². The number of rotatable bonds is 7. The number of Topliss-reactive ketones (excluding diaryl/α,β-unsaturated/α-hetero) is 1. The maximum Gasteiger partial charge on any atom is 0.321 e. The van der Waals surface area contributed by atoms with Crippen LogP contribution in [0.2, 0.25) is 0 Å². The van der Waals surface area contributed by atoms with Crippen LogP contribution in [0.3, 0.4) is 0 Å². The van der Waals surface area contributed by atoms with E-state index in [9.17, 15) is 19.2 Å². The van der Waals surface area contributed by atoms with E-state index < -0.39 is 35.7 Å². The summed E-state index contributed by atoms with van der Waals surface area (Å²) in [6, 6.07) is -2.73. The maximum absolute atomic E-state index is 11.9. The van der Waals surface area contributed by atoms with Gasteiger partial charge in [-0.2, -0.15) is 0 Å². The monoisotopic (exact) mass is 282 g/mol. The summed E-state index contributed by atoms with van der Waals surface area (Å²) in [7, 11) is 0. The van der Waals surface area contributed by atoms with Crippen LogP contribution >= 0.6 is 0 Å². The van der Waals surface area contributed by atoms with Gasteiger partial charge in [-0.1, -0.05) is 0 Å². The Kier molecular flexibility index (Phi) is 5.09. The molecule has 108 valence electrons. The minimum Gasteiger partial charge on any atom is -0.480 e. The molecule has 20 heavy (non-hydrogen) atoms. The number of ketones is 1. The predicted octanol–water partition coefficient (Wildman–Crippen LogP) is -1.68. The average molecular weight is 282 g/mol. The summed E-state index contributed by atoms with van der Waals surface area (Å²) in [5.74, 6) is -4.44. The summed E-state index contributed by atoms with van der Waals surface area (Å²) in [6.45, 7) is 1.33. The van der Waals surface area contributed by atoms with Crippen molar-refractivity contribution in [3.05, 3.63) is 18.2 Å². The van der Waals surface area contributed by atoms with Crippen molar-refractivity contribution in [2.75, 3.05) is 0 Å². The number of nitrogens with two attached hydrogens (primary N) is 1. The fourth-order valence-corrected chi connectivity index (χ4v) is 1.50. The summed E-state index contributed by atoms with van der Waals surface area (Å²) in [5, 5.41) is 11.0. The van der Waals surface area contributed by atoms with Gasteiger partial charge >= 0.3 is 5.97 Å². The summed E-state index contributed by atoms with van der Waals surface area (Å²) in [6.07, 6.45) is 2.95. The Labute approximate surface area is 113 Å². The number of aliphatic carboxylic acids is 1. The molecule has 9 heteroatoms. The fraction of sp³-hybridized carbons (Fsp3) is 0.364. The van der Waals surface area contributed by atoms with Gasteiger partial charge in [0, 0.05) is 12.4 Å². The molecule has 0 radical (unpaired) electrons. The summed E-state index contributed by atoms with van der Waals surface area (Å²) >= 11 is 0. The Hall–Kier alpha value is -2.55. The Morgan fingerprint density at radius 1 is 1.50 bits per heavy atom. The molecule has 1 heterocycles. The molecule has 5 N–H and O–H groups in total. The maximum atomic E-state index is 11.9. The van der Waals surface area contributed by atoms with Crippen molar-refractivity contribution in [3.63, 3.8) is 0 Å². The van der Waals surface area contributed by atoms with Crippen LogP contribution < -0.4 is 11.1 Å². The van der Waals surface area contributed by atoms with Crippen LogP contribution in [0.1, 0.15) is 17.5 Å². The topological polar surface area (TPSA) is 155 Å². The SMILES string of the molecule is CC(NC(=O)c1ncc[nH]1)C(=O)C(C=O)C(N)C(=O)O. The molecule has 0 bridgehead atoms. The van der Waals surface area contributed by atoms with E-state index in [-0.39, 0.29) is 12.1 Å². The van der Waals surface area contributed by atoms with E-state index in [0.29, 0.717) is 0 Å². The number of carbonyl (C=O) groups excluding carboxylic acids is 3. The molecule has 1 aromatic heterocycles. The third-order valence-electron chi connectivity index (χ3n) is 2.63. The molecule has 0 saturated carbocycles. The molecule has 1 rings (SSSR count). The van der Waals surface area contributed by atoms with E-state index in [1.54, 1.807) is 0 Å². The van der Waals surface area contributed by atoms with Crippen molar-refractivity contribution in [1.82, 2.24) is 15.3 Å². The second-order valence-electron chi connectivity index (χ2n) is 4.06. The van der Waals surface area contributed by atoms with Gasteiger partial charge in [0.2, 0.25) is 0 Å². The van der Waals surface area contributed by atoms with E-state index in [1.807, 2.05) is 0 Å². The second kappa shape index (κ2) is 6.57. The Morgan fingerprint density at radius 2 is 2.15 bits per heavy atom. The standard InChI is InChI=1S/C11H14N4O5/c1-5(15-10(18)9-13-2-3-14-9)8(17)6(4-16)7(12)11(19)20/h2-7H,12H2,1H3,(H,13,14)(H,15,18)(H,19,20). The normalized spacial score (nSPS) is 14.9. The number of carboxylic acids is 1. The number of aromatic nitrogens is 2. The zero-order valence-electron chi connectivity index (χ0n) is 10.6. The van der Waals surface area contributed by atoms with Gasteiger partial charge in [-0.15, -0.1) is 0 Å². The van der Waals surface area contributed by atoms with Gasteiger partial charge in [0.1, 0.15) is 18.2 Å². The van der Waals surface area contributed by atoms with Crippen LogP contribution in [0.15, 0.2) is 12.4 Å². The minimum atomic E-state index is -1.65. The average Bonchev–Trinajstić information content (AvgIpc) is 2.92. The fourth-order valence-electron chi connectivity index (χ4n) is 1.50. The highest BCUT2D eigenvalue weighted by Crippen LogP contribution is 2.05. The lowest BCUT2D eigenvalue weighted by atomic mass is 9.93. The van der Waals surface area contributed by atoms with Crippen molar-refractivity contribution in [2.45, 2.75) is 19.0 Å². The Morgan fingerprint density at radius 3 is 2.60 bits per heavy atom. The number of H-pyrrole nitrogens is 1. The number of aldehydes is 1. The van der Waals surface area contributed by atoms with Gasteiger partial charge in [-0.25, -0.2) is 4.98 Å². The molecule has 0 saturated heterocycles. The van der Waals surface area contributed by atoms with Crippen LogP contribution in [0.5, 0.6) is 0 Å². The first kappa shape index (κ1) is 15.5. The van der Waals surface area contributed by atoms with Crippen LogP contribution in [0.4, 0.5) is 0 Å². The smallest absolute Gasteiger partial charge is 0.321 e. The van der Waals surface area contributed by atoms with Crippen LogP contribution in [-0.4, -0.2) is 51.1 Å². The first-order chi connectivity index (χ1) is 9.38. The van der Waals surface area contributed by atoms with Crippen molar-refractivity contribution >= 4 is 23.9 Å². The van der Waals surface area contributed by atoms with E-state index in [2.05, 4.69) is 15.3 Å². The largest absolute Gasteiger partial charge is 0.480 e. The summed E-state index contributed by atoms with van der Waals surface area (Å²) in [4.78, 5) is 51.3. The van der Waals surface area contributed by atoms with Crippen LogP contribution in [0, 0.1) is 5.92 Å². The van der Waals surface area contributed by atoms with E-state index >= 15 is 0 Å². The Balaban J connectivity index is 2.73. The van der Waals surface area contributed by atoms with E-state index in [4.69, 9.17) is 10.8 Å². The number of hydrogen-bond acceptors (Lipinski definition) is 6. The molecular formula is C11H14N4O5. The zero-order chi connectivity index (χ0) is 15.3. The highest BCUT2D eigenvalue weighted by molar-refractivity contribution is 6.03. The lowest BCUT2D eigenvalue weighted by Gasteiger charge is -2.18. The van der Waals surface area contributed by atoms with Gasteiger partial charge in [-0.3, -0.25) is 14.4 Å².